The summed E-state index contributed by atoms with van der Waals surface area (Å²) in [5.41, 5.74) is 6.16. The van der Waals surface area contributed by atoms with Gasteiger partial charge in [0.15, 0.2) is 0 Å². The molecule has 3 N–H and O–H groups in total. The van der Waals surface area contributed by atoms with Crippen LogP contribution in [0.3, 0.4) is 0 Å². The van der Waals surface area contributed by atoms with Gasteiger partial charge < -0.3 is 20.5 Å². The van der Waals surface area contributed by atoms with E-state index in [0.29, 0.717) is 30.2 Å². The smallest absolute Gasteiger partial charge is 0.338 e. The third kappa shape index (κ3) is 5.43. The molecule has 1 amide bonds. The van der Waals surface area contributed by atoms with E-state index in [4.69, 9.17) is 15.2 Å². The Balaban J connectivity index is 2.95. The van der Waals surface area contributed by atoms with Crippen LogP contribution in [0.2, 0.25) is 0 Å². The lowest BCUT2D eigenvalue weighted by Crippen LogP contribution is -2.22. The summed E-state index contributed by atoms with van der Waals surface area (Å²) >= 11 is 0. The second kappa shape index (κ2) is 8.97. The van der Waals surface area contributed by atoms with Crippen LogP contribution in [-0.4, -0.2) is 31.6 Å². The Morgan fingerprint density at radius 3 is 2.67 bits per heavy atom. The van der Waals surface area contributed by atoms with Gasteiger partial charge in [-0.3, -0.25) is 4.79 Å². The van der Waals surface area contributed by atoms with Crippen molar-refractivity contribution >= 4 is 17.6 Å². The molecule has 0 unspecified atom stereocenters. The van der Waals surface area contributed by atoms with Crippen LogP contribution in [0.5, 0.6) is 5.75 Å². The predicted octanol–water partition coefficient (Wildman–Crippen LogP) is 1.94. The van der Waals surface area contributed by atoms with E-state index < -0.39 is 5.97 Å². The molecule has 0 spiro atoms. The fourth-order valence-electron chi connectivity index (χ4n) is 1.61. The number of hydrogen-bond donors (Lipinski definition) is 2. The third-order valence-corrected chi connectivity index (χ3v) is 2.71. The van der Waals surface area contributed by atoms with E-state index in [9.17, 15) is 9.59 Å². The standard InChI is InChI=1S/C15H22N2O4/c1-3-5-8-21-13-9-11(15(19)20-4-2)6-7-12(13)17-14(18)10-16/h6-7,9H,3-5,8,10,16H2,1-2H3,(H,17,18). The summed E-state index contributed by atoms with van der Waals surface area (Å²) < 4.78 is 10.6. The lowest BCUT2D eigenvalue weighted by Gasteiger charge is -2.13. The summed E-state index contributed by atoms with van der Waals surface area (Å²) in [4.78, 5) is 23.1. The Morgan fingerprint density at radius 1 is 1.29 bits per heavy atom. The molecule has 0 saturated carbocycles. The highest BCUT2D eigenvalue weighted by Gasteiger charge is 2.13. The van der Waals surface area contributed by atoms with Gasteiger partial charge in [-0.2, -0.15) is 0 Å². The SMILES string of the molecule is CCCCOc1cc(C(=O)OCC)ccc1NC(=O)CN. The Labute approximate surface area is 124 Å². The maximum atomic E-state index is 11.7. The molecule has 1 rings (SSSR count). The Kier molecular flexibility index (Phi) is 7.25. The van der Waals surface area contributed by atoms with Gasteiger partial charge >= 0.3 is 5.97 Å². The maximum Gasteiger partial charge on any atom is 0.338 e. The molecule has 0 aliphatic carbocycles. The van der Waals surface area contributed by atoms with E-state index in [1.165, 1.54) is 0 Å². The van der Waals surface area contributed by atoms with E-state index in [1.54, 1.807) is 25.1 Å². The van der Waals surface area contributed by atoms with Crippen molar-refractivity contribution in [3.05, 3.63) is 23.8 Å². The molecule has 0 aliphatic heterocycles. The number of esters is 1. The summed E-state index contributed by atoms with van der Waals surface area (Å²) in [6.45, 7) is 4.49. The first-order chi connectivity index (χ1) is 10.1. The van der Waals surface area contributed by atoms with Crippen molar-refractivity contribution in [2.45, 2.75) is 26.7 Å². The zero-order chi connectivity index (χ0) is 15.7. The van der Waals surface area contributed by atoms with Crippen molar-refractivity contribution in [3.8, 4) is 5.75 Å². The van der Waals surface area contributed by atoms with Crippen LogP contribution in [0, 0.1) is 0 Å². The lowest BCUT2D eigenvalue weighted by molar-refractivity contribution is -0.114. The van der Waals surface area contributed by atoms with Crippen LogP contribution in [0.15, 0.2) is 18.2 Å². The molecule has 0 aliphatic rings. The summed E-state index contributed by atoms with van der Waals surface area (Å²) in [6.07, 6.45) is 1.87. The number of anilines is 1. The number of unbranched alkanes of at least 4 members (excludes halogenated alkanes) is 1. The minimum absolute atomic E-state index is 0.117. The van der Waals surface area contributed by atoms with Crippen LogP contribution in [0.1, 0.15) is 37.0 Å². The molecular weight excluding hydrogens is 272 g/mol. The molecule has 0 atom stereocenters. The first kappa shape index (κ1) is 17.0. The minimum Gasteiger partial charge on any atom is -0.491 e. The van der Waals surface area contributed by atoms with E-state index in [0.717, 1.165) is 12.8 Å². The van der Waals surface area contributed by atoms with Gasteiger partial charge in [0.1, 0.15) is 5.75 Å². The predicted molar refractivity (Wildman–Crippen MR) is 80.5 cm³/mol. The third-order valence-electron chi connectivity index (χ3n) is 2.71. The number of carbonyl (C=O) groups excluding carboxylic acids is 2. The molecule has 6 heteroatoms. The van der Waals surface area contributed by atoms with E-state index in [-0.39, 0.29) is 12.5 Å². The van der Waals surface area contributed by atoms with Gasteiger partial charge in [0, 0.05) is 0 Å². The van der Waals surface area contributed by atoms with Crippen LogP contribution >= 0.6 is 0 Å². The Morgan fingerprint density at radius 2 is 2.05 bits per heavy atom. The van der Waals surface area contributed by atoms with Crippen LogP contribution in [0.4, 0.5) is 5.69 Å². The summed E-state index contributed by atoms with van der Waals surface area (Å²) in [7, 11) is 0. The van der Waals surface area contributed by atoms with Crippen LogP contribution in [-0.2, 0) is 9.53 Å². The second-order valence-electron chi connectivity index (χ2n) is 4.39. The molecule has 1 aromatic rings. The fraction of sp³-hybridized carbons (Fsp3) is 0.467. The number of benzene rings is 1. The molecule has 0 saturated heterocycles. The molecule has 0 heterocycles. The molecule has 6 nitrogen and oxygen atoms in total. The van der Waals surface area contributed by atoms with Gasteiger partial charge in [0.05, 0.1) is 31.0 Å². The van der Waals surface area contributed by atoms with Crippen LogP contribution < -0.4 is 15.8 Å². The average Bonchev–Trinajstić information content (AvgIpc) is 2.49. The molecule has 0 bridgehead atoms. The summed E-state index contributed by atoms with van der Waals surface area (Å²) in [5, 5.41) is 2.64. The number of hydrogen-bond acceptors (Lipinski definition) is 5. The fourth-order valence-corrected chi connectivity index (χ4v) is 1.61. The molecule has 0 aromatic heterocycles. The monoisotopic (exact) mass is 294 g/mol. The van der Waals surface area contributed by atoms with Crippen molar-refractivity contribution in [2.24, 2.45) is 5.73 Å². The normalized spacial score (nSPS) is 10.0. The van der Waals surface area contributed by atoms with Crippen molar-refractivity contribution in [1.82, 2.24) is 0 Å². The number of nitrogens with one attached hydrogen (secondary N) is 1. The number of rotatable bonds is 8. The van der Waals surface area contributed by atoms with Gasteiger partial charge in [-0.1, -0.05) is 13.3 Å². The largest absolute Gasteiger partial charge is 0.491 e. The zero-order valence-corrected chi connectivity index (χ0v) is 12.5. The van der Waals surface area contributed by atoms with Gasteiger partial charge in [0.2, 0.25) is 5.91 Å². The molecule has 1 aromatic carbocycles. The number of ether oxygens (including phenoxy) is 2. The topological polar surface area (TPSA) is 90.6 Å². The van der Waals surface area contributed by atoms with Crippen molar-refractivity contribution in [3.63, 3.8) is 0 Å². The average molecular weight is 294 g/mol. The van der Waals surface area contributed by atoms with E-state index in [2.05, 4.69) is 12.2 Å². The minimum atomic E-state index is -0.422. The van der Waals surface area contributed by atoms with Crippen molar-refractivity contribution in [2.75, 3.05) is 25.1 Å². The van der Waals surface area contributed by atoms with Gasteiger partial charge in [-0.15, -0.1) is 0 Å². The quantitative estimate of drug-likeness (QED) is 0.565. The lowest BCUT2D eigenvalue weighted by atomic mass is 10.2. The molecule has 116 valence electrons. The summed E-state index contributed by atoms with van der Waals surface area (Å²) in [5.74, 6) is -0.301. The van der Waals surface area contributed by atoms with Crippen molar-refractivity contribution < 1.29 is 19.1 Å². The molecule has 0 fully saturated rings. The number of amides is 1. The van der Waals surface area contributed by atoms with Crippen molar-refractivity contribution in [1.29, 1.82) is 0 Å². The molecule has 21 heavy (non-hydrogen) atoms. The highest BCUT2D eigenvalue weighted by atomic mass is 16.5. The Bertz CT molecular complexity index is 489. The zero-order valence-electron chi connectivity index (χ0n) is 12.5. The molecular formula is C15H22N2O4. The number of nitrogens with two attached hydrogens (primary N) is 1. The van der Waals surface area contributed by atoms with Gasteiger partial charge in [-0.05, 0) is 31.5 Å². The second-order valence-corrected chi connectivity index (χ2v) is 4.39. The number of carbonyl (C=O) groups is 2. The van der Waals surface area contributed by atoms with Crippen LogP contribution in [0.25, 0.3) is 0 Å². The maximum absolute atomic E-state index is 11.7. The summed E-state index contributed by atoms with van der Waals surface area (Å²) in [6, 6.07) is 4.76. The highest BCUT2D eigenvalue weighted by Crippen LogP contribution is 2.26. The Hall–Kier alpha value is -2.08. The van der Waals surface area contributed by atoms with Gasteiger partial charge in [0.25, 0.3) is 0 Å². The first-order valence-electron chi connectivity index (χ1n) is 7.06. The molecule has 0 radical (unpaired) electrons. The van der Waals surface area contributed by atoms with Gasteiger partial charge in [-0.25, -0.2) is 4.79 Å². The highest BCUT2D eigenvalue weighted by molar-refractivity contribution is 5.95. The van der Waals surface area contributed by atoms with E-state index in [1.807, 2.05) is 0 Å². The first-order valence-corrected chi connectivity index (χ1v) is 7.06. The van der Waals surface area contributed by atoms with E-state index >= 15 is 0 Å².